The number of fused-ring (bicyclic) bond motifs is 9. The molecule has 2 aliphatic carbocycles. The molecule has 2 aromatic heterocycles. The molecule has 2 aromatic carbocycles. The molecule has 0 aliphatic heterocycles. The smallest absolute Gasteiger partial charge is 0.353 e. The molecule has 6 rings (SSSR count). The minimum Gasteiger partial charge on any atom is -0.353 e. The third-order valence-corrected chi connectivity index (χ3v) is 8.04. The van der Waals surface area contributed by atoms with Gasteiger partial charge >= 0.3 is 12.4 Å². The zero-order valence-electron chi connectivity index (χ0n) is 18.5. The van der Waals surface area contributed by atoms with Crippen LogP contribution in [-0.4, -0.2) is 4.98 Å². The van der Waals surface area contributed by atoms with Crippen LogP contribution in [0.2, 0.25) is 0 Å². The Morgan fingerprint density at radius 3 is 2.06 bits per heavy atom. The number of thiophene rings is 1. The van der Waals surface area contributed by atoms with Crippen LogP contribution in [0, 0.1) is 11.3 Å². The van der Waals surface area contributed by atoms with Crippen LogP contribution in [0.4, 0.5) is 26.3 Å². The van der Waals surface area contributed by atoms with Gasteiger partial charge in [-0.15, -0.1) is 11.3 Å². The summed E-state index contributed by atoms with van der Waals surface area (Å²) in [7, 11) is 0. The second-order valence-electron chi connectivity index (χ2n) is 8.70. The lowest BCUT2D eigenvalue weighted by Gasteiger charge is -2.11. The molecule has 0 bridgehead atoms. The van der Waals surface area contributed by atoms with Gasteiger partial charge in [-0.05, 0) is 58.5 Å². The van der Waals surface area contributed by atoms with E-state index in [2.05, 4.69) is 17.6 Å². The highest BCUT2D eigenvalue weighted by molar-refractivity contribution is 7.21. The first-order valence-electron chi connectivity index (χ1n) is 10.9. The van der Waals surface area contributed by atoms with Crippen molar-refractivity contribution in [1.29, 1.82) is 5.26 Å². The Morgan fingerprint density at radius 2 is 1.50 bits per heavy atom. The number of H-pyrrole nitrogens is 1. The maximum absolute atomic E-state index is 13.5. The van der Waals surface area contributed by atoms with Gasteiger partial charge in [-0.3, -0.25) is 0 Å². The third-order valence-electron chi connectivity index (χ3n) is 6.78. The molecule has 4 aromatic rings. The van der Waals surface area contributed by atoms with Crippen LogP contribution in [-0.2, 0) is 12.4 Å². The molecule has 0 spiro atoms. The Hall–Kier alpha value is -3.77. The average Bonchev–Trinajstić information content (AvgIpc) is 3.50. The number of alkyl halides is 6. The highest BCUT2D eigenvalue weighted by Gasteiger charge is 2.39. The summed E-state index contributed by atoms with van der Waals surface area (Å²) in [4.78, 5) is 4.04. The molecule has 1 N–H and O–H groups in total. The van der Waals surface area contributed by atoms with Crippen molar-refractivity contribution in [2.75, 3.05) is 0 Å². The van der Waals surface area contributed by atoms with E-state index in [0.717, 1.165) is 39.4 Å². The molecule has 36 heavy (non-hydrogen) atoms. The van der Waals surface area contributed by atoms with Crippen molar-refractivity contribution in [1.82, 2.24) is 4.98 Å². The number of aromatic amines is 1. The molecule has 2 heterocycles. The molecule has 9 heteroatoms. The summed E-state index contributed by atoms with van der Waals surface area (Å²) >= 11 is 1.34. The van der Waals surface area contributed by atoms with E-state index in [4.69, 9.17) is 0 Å². The van der Waals surface area contributed by atoms with Crippen molar-refractivity contribution >= 4 is 32.7 Å². The number of nitrogens with one attached hydrogen (secondary N) is 1. The Balaban J connectivity index is 1.64. The second-order valence-corrected chi connectivity index (χ2v) is 9.72. The zero-order chi connectivity index (χ0) is 25.7. The standard InChI is InChI=1S/C27H14F6N2S/c1-3-12(10-34)19-18-9-14(27(31,32)33)5-7-16(18)20-22(19)35-23-21-15-6-4-13(26(28,29)30)8-17(15)11(2)24(21)36-25(20)23/h4-9,35H,2-3H2,1H3/b19-12+. The van der Waals surface area contributed by atoms with Gasteiger partial charge in [0.1, 0.15) is 0 Å². The van der Waals surface area contributed by atoms with E-state index < -0.39 is 23.5 Å². The highest BCUT2D eigenvalue weighted by Crippen LogP contribution is 2.58. The van der Waals surface area contributed by atoms with Gasteiger partial charge in [0, 0.05) is 27.2 Å². The van der Waals surface area contributed by atoms with Gasteiger partial charge in [0.15, 0.2) is 0 Å². The minimum atomic E-state index is -4.54. The fourth-order valence-corrected chi connectivity index (χ4v) is 6.48. The maximum Gasteiger partial charge on any atom is 0.416 e. The average molecular weight is 512 g/mol. The molecule has 0 saturated carbocycles. The van der Waals surface area contributed by atoms with Gasteiger partial charge in [0.2, 0.25) is 0 Å². The Morgan fingerprint density at radius 1 is 0.917 bits per heavy atom. The van der Waals surface area contributed by atoms with Crippen molar-refractivity contribution in [2.45, 2.75) is 25.7 Å². The molecule has 0 radical (unpaired) electrons. The molecule has 2 nitrogen and oxygen atoms in total. The molecule has 0 saturated heterocycles. The lowest BCUT2D eigenvalue weighted by Crippen LogP contribution is -2.05. The molecule has 180 valence electrons. The van der Waals surface area contributed by atoms with Crippen molar-refractivity contribution < 1.29 is 26.3 Å². The summed E-state index contributed by atoms with van der Waals surface area (Å²) in [6, 6.07) is 9.21. The maximum atomic E-state index is 13.5. The topological polar surface area (TPSA) is 39.6 Å². The van der Waals surface area contributed by atoms with Crippen LogP contribution < -0.4 is 0 Å². The molecule has 0 amide bonds. The van der Waals surface area contributed by atoms with E-state index in [-0.39, 0.29) is 0 Å². The van der Waals surface area contributed by atoms with Gasteiger partial charge in [0.25, 0.3) is 0 Å². The van der Waals surface area contributed by atoms with Gasteiger partial charge in [-0.2, -0.15) is 31.6 Å². The third kappa shape index (κ3) is 2.91. The van der Waals surface area contributed by atoms with Gasteiger partial charge in [0.05, 0.1) is 33.1 Å². The van der Waals surface area contributed by atoms with E-state index in [1.54, 1.807) is 6.92 Å². The Labute approximate surface area is 204 Å². The van der Waals surface area contributed by atoms with E-state index in [9.17, 15) is 31.6 Å². The SMILES string of the molecule is C=C1c2cc(C(F)(F)F)ccc2-c2c1sc1c3c([nH]c21)/C(=C(/C#N)CC)c1cc(C(F)(F)F)ccc1-3. The van der Waals surface area contributed by atoms with Crippen LogP contribution in [0.3, 0.4) is 0 Å². The number of nitriles is 1. The monoisotopic (exact) mass is 512 g/mol. The number of aromatic nitrogens is 1. The normalized spacial score (nSPS) is 15.6. The summed E-state index contributed by atoms with van der Waals surface area (Å²) in [6.07, 6.45) is -8.70. The van der Waals surface area contributed by atoms with Crippen LogP contribution in [0.25, 0.3) is 43.6 Å². The molecule has 0 unspecified atom stereocenters. The zero-order valence-corrected chi connectivity index (χ0v) is 19.3. The first-order valence-corrected chi connectivity index (χ1v) is 11.7. The Bertz CT molecular complexity index is 1720. The molecule has 0 fully saturated rings. The van der Waals surface area contributed by atoms with E-state index in [0.29, 0.717) is 62.2 Å². The van der Waals surface area contributed by atoms with Crippen LogP contribution >= 0.6 is 11.3 Å². The first-order chi connectivity index (χ1) is 17.0. The first kappa shape index (κ1) is 22.7. The predicted octanol–water partition coefficient (Wildman–Crippen LogP) is 9.02. The molecular weight excluding hydrogens is 498 g/mol. The fourth-order valence-electron chi connectivity index (χ4n) is 5.16. The van der Waals surface area contributed by atoms with E-state index in [1.807, 2.05) is 0 Å². The van der Waals surface area contributed by atoms with Crippen LogP contribution in [0.5, 0.6) is 0 Å². The quantitative estimate of drug-likeness (QED) is 0.173. The highest BCUT2D eigenvalue weighted by atomic mass is 32.1. The van der Waals surface area contributed by atoms with Gasteiger partial charge < -0.3 is 4.98 Å². The lowest BCUT2D eigenvalue weighted by atomic mass is 9.97. The number of hydrogen-bond donors (Lipinski definition) is 1. The summed E-state index contributed by atoms with van der Waals surface area (Å²) in [5.74, 6) is 0. The van der Waals surface area contributed by atoms with Crippen molar-refractivity contribution in [2.24, 2.45) is 0 Å². The number of halogens is 6. The molecule has 0 atom stereocenters. The van der Waals surface area contributed by atoms with Crippen molar-refractivity contribution in [3.8, 4) is 28.3 Å². The summed E-state index contributed by atoms with van der Waals surface area (Å²) in [5.41, 5.74) is 4.28. The van der Waals surface area contributed by atoms with Gasteiger partial charge in [-0.1, -0.05) is 25.6 Å². The minimum absolute atomic E-state index is 0.325. The molecule has 2 aliphatic rings. The largest absolute Gasteiger partial charge is 0.416 e. The van der Waals surface area contributed by atoms with Crippen LogP contribution in [0.15, 0.2) is 48.6 Å². The van der Waals surface area contributed by atoms with E-state index in [1.165, 1.54) is 23.5 Å². The fraction of sp³-hybridized carbons (Fsp3) is 0.148. The number of nitrogens with zero attached hydrogens (tertiary/aromatic N) is 1. The number of hydrogen-bond acceptors (Lipinski definition) is 2. The second kappa shape index (κ2) is 7.14. The van der Waals surface area contributed by atoms with Crippen molar-refractivity contribution in [3.63, 3.8) is 0 Å². The summed E-state index contributed by atoms with van der Waals surface area (Å²) < 4.78 is 81.1. The molecular formula is C27H14F6N2S. The Kier molecular flexibility index (Phi) is 4.50. The van der Waals surface area contributed by atoms with Gasteiger partial charge in [-0.25, -0.2) is 0 Å². The summed E-state index contributed by atoms with van der Waals surface area (Å²) in [6.45, 7) is 5.80. The lowest BCUT2D eigenvalue weighted by molar-refractivity contribution is -0.138. The summed E-state index contributed by atoms with van der Waals surface area (Å²) in [5, 5.41) is 9.76. The number of allylic oxidation sites excluding steroid dienone is 1. The van der Waals surface area contributed by atoms with E-state index >= 15 is 0 Å². The van der Waals surface area contributed by atoms with Crippen LogP contribution in [0.1, 0.15) is 46.2 Å². The van der Waals surface area contributed by atoms with Crippen molar-refractivity contribution in [3.05, 3.63) is 81.4 Å². The number of rotatable bonds is 1. The predicted molar refractivity (Wildman–Crippen MR) is 127 cm³/mol. The number of benzene rings is 2.